The van der Waals surface area contributed by atoms with E-state index in [0.717, 1.165) is 39.2 Å². The van der Waals surface area contributed by atoms with Gasteiger partial charge in [0.15, 0.2) is 5.96 Å². The van der Waals surface area contributed by atoms with Gasteiger partial charge in [0.2, 0.25) is 5.91 Å². The van der Waals surface area contributed by atoms with E-state index >= 15 is 0 Å². The molecule has 1 amide bonds. The monoisotopic (exact) mass is 484 g/mol. The van der Waals surface area contributed by atoms with Crippen molar-refractivity contribution in [2.24, 2.45) is 10.9 Å². The van der Waals surface area contributed by atoms with Crippen molar-refractivity contribution in [2.45, 2.75) is 31.9 Å². The van der Waals surface area contributed by atoms with Gasteiger partial charge in [-0.05, 0) is 19.8 Å². The Labute approximate surface area is 173 Å². The lowest BCUT2D eigenvalue weighted by Gasteiger charge is -2.21. The van der Waals surface area contributed by atoms with Gasteiger partial charge in [-0.3, -0.25) is 4.79 Å². The maximum atomic E-state index is 11.8. The summed E-state index contributed by atoms with van der Waals surface area (Å²) in [6, 6.07) is 0.0844. The normalized spacial score (nSPS) is 24.0. The first kappa shape index (κ1) is 23.4. The summed E-state index contributed by atoms with van der Waals surface area (Å²) in [7, 11) is 3.46. The van der Waals surface area contributed by atoms with E-state index in [0.29, 0.717) is 25.1 Å². The van der Waals surface area contributed by atoms with Crippen LogP contribution < -0.4 is 10.6 Å². The maximum Gasteiger partial charge on any atom is 0.243 e. The molecule has 3 unspecified atom stereocenters. The lowest BCUT2D eigenvalue weighted by Crippen LogP contribution is -2.46. The molecule has 152 valence electrons. The third-order valence-electron chi connectivity index (χ3n) is 4.31. The van der Waals surface area contributed by atoms with Crippen LogP contribution in [0.5, 0.6) is 0 Å². The van der Waals surface area contributed by atoms with Crippen LogP contribution in [0.3, 0.4) is 0 Å². The van der Waals surface area contributed by atoms with Gasteiger partial charge in [-0.25, -0.2) is 4.99 Å². The van der Waals surface area contributed by atoms with Crippen LogP contribution in [0.25, 0.3) is 0 Å². The number of rotatable bonds is 8. The Morgan fingerprint density at radius 3 is 2.62 bits per heavy atom. The van der Waals surface area contributed by atoms with Gasteiger partial charge in [-0.1, -0.05) is 0 Å². The Morgan fingerprint density at radius 2 is 2.00 bits per heavy atom. The number of likely N-dealkylation sites (N-methyl/N-ethyl adjacent to an activating group) is 1. The molecule has 2 N–H and O–H groups in total. The van der Waals surface area contributed by atoms with Crippen molar-refractivity contribution in [2.75, 3.05) is 60.2 Å². The number of guanidine groups is 1. The Hall–Kier alpha value is -0.650. The van der Waals surface area contributed by atoms with E-state index < -0.39 is 0 Å². The smallest absolute Gasteiger partial charge is 0.243 e. The maximum absolute atomic E-state index is 11.8. The molecule has 9 heteroatoms. The summed E-state index contributed by atoms with van der Waals surface area (Å²) in [4.78, 5) is 17.7. The summed E-state index contributed by atoms with van der Waals surface area (Å²) < 4.78 is 16.6. The minimum Gasteiger partial charge on any atom is -0.381 e. The highest BCUT2D eigenvalue weighted by Gasteiger charge is 2.19. The number of carbonyl (C=O) groups is 1. The molecule has 0 spiro atoms. The fraction of sp³-hybridized carbons (Fsp3) is 0.882. The molecule has 26 heavy (non-hydrogen) atoms. The highest BCUT2D eigenvalue weighted by atomic mass is 127. The molecule has 3 atom stereocenters. The quantitative estimate of drug-likeness (QED) is 0.296. The molecule has 2 fully saturated rings. The van der Waals surface area contributed by atoms with E-state index in [9.17, 15) is 4.79 Å². The molecule has 2 rings (SSSR count). The first-order valence-electron chi connectivity index (χ1n) is 9.06. The van der Waals surface area contributed by atoms with Gasteiger partial charge >= 0.3 is 0 Å². The first-order valence-corrected chi connectivity index (χ1v) is 9.06. The molecule has 2 saturated heterocycles. The molecular weight excluding hydrogens is 451 g/mol. The fourth-order valence-corrected chi connectivity index (χ4v) is 2.63. The van der Waals surface area contributed by atoms with Crippen molar-refractivity contribution >= 4 is 35.8 Å². The Bertz CT molecular complexity index is 438. The minimum atomic E-state index is -0.0303. The molecule has 2 heterocycles. The number of nitrogens with zero attached hydrogens (tertiary/aromatic N) is 2. The molecule has 0 saturated carbocycles. The van der Waals surface area contributed by atoms with Gasteiger partial charge in [0.05, 0.1) is 25.9 Å². The zero-order valence-corrected chi connectivity index (χ0v) is 18.4. The van der Waals surface area contributed by atoms with Crippen LogP contribution in [-0.4, -0.2) is 89.1 Å². The van der Waals surface area contributed by atoms with Gasteiger partial charge in [-0.15, -0.1) is 24.0 Å². The predicted molar refractivity (Wildman–Crippen MR) is 111 cm³/mol. The molecule has 2 aliphatic rings. The van der Waals surface area contributed by atoms with Gasteiger partial charge in [0.1, 0.15) is 6.54 Å². The molecule has 0 aromatic rings. The summed E-state index contributed by atoms with van der Waals surface area (Å²) in [5, 5.41) is 6.64. The van der Waals surface area contributed by atoms with Crippen LogP contribution in [0.1, 0.15) is 19.8 Å². The van der Waals surface area contributed by atoms with E-state index in [-0.39, 0.29) is 48.6 Å². The Kier molecular flexibility index (Phi) is 11.4. The lowest BCUT2D eigenvalue weighted by atomic mass is 10.1. The Balaban J connectivity index is 0.00000338. The second-order valence-corrected chi connectivity index (χ2v) is 6.93. The summed E-state index contributed by atoms with van der Waals surface area (Å²) >= 11 is 0. The van der Waals surface area contributed by atoms with Crippen molar-refractivity contribution in [1.29, 1.82) is 0 Å². The number of halogens is 1. The van der Waals surface area contributed by atoms with Crippen LogP contribution in [-0.2, 0) is 19.0 Å². The van der Waals surface area contributed by atoms with Crippen LogP contribution in [0.4, 0.5) is 0 Å². The topological polar surface area (TPSA) is 84.4 Å². The van der Waals surface area contributed by atoms with E-state index in [4.69, 9.17) is 14.2 Å². The predicted octanol–water partition coefficient (Wildman–Crippen LogP) is 0.458. The van der Waals surface area contributed by atoms with Crippen LogP contribution in [0.15, 0.2) is 4.99 Å². The van der Waals surface area contributed by atoms with E-state index in [1.807, 2.05) is 6.92 Å². The van der Waals surface area contributed by atoms with Crippen LogP contribution in [0, 0.1) is 5.92 Å². The molecule has 0 radical (unpaired) electrons. The van der Waals surface area contributed by atoms with Gasteiger partial charge in [0, 0.05) is 45.8 Å². The van der Waals surface area contributed by atoms with Crippen molar-refractivity contribution in [3.05, 3.63) is 0 Å². The SMILES string of the molecule is CC(COC1CCOC1)NC(=NCC(=O)N(C)C)NCC1CCOC1.I. The zero-order valence-electron chi connectivity index (χ0n) is 16.0. The third-order valence-corrected chi connectivity index (χ3v) is 4.31. The highest BCUT2D eigenvalue weighted by Crippen LogP contribution is 2.10. The number of hydrogen-bond acceptors (Lipinski definition) is 5. The van der Waals surface area contributed by atoms with E-state index in [2.05, 4.69) is 15.6 Å². The van der Waals surface area contributed by atoms with Crippen LogP contribution >= 0.6 is 24.0 Å². The van der Waals surface area contributed by atoms with Gasteiger partial charge < -0.3 is 29.7 Å². The minimum absolute atomic E-state index is 0. The van der Waals surface area contributed by atoms with E-state index in [1.54, 1.807) is 19.0 Å². The van der Waals surface area contributed by atoms with Crippen molar-refractivity contribution in [3.8, 4) is 0 Å². The highest BCUT2D eigenvalue weighted by molar-refractivity contribution is 14.0. The summed E-state index contributed by atoms with van der Waals surface area (Å²) in [6.07, 6.45) is 2.19. The molecule has 0 bridgehead atoms. The van der Waals surface area contributed by atoms with Crippen LogP contribution in [0.2, 0.25) is 0 Å². The Morgan fingerprint density at radius 1 is 1.27 bits per heavy atom. The molecule has 0 aliphatic carbocycles. The van der Waals surface area contributed by atoms with Gasteiger partial charge in [0.25, 0.3) is 0 Å². The number of nitrogens with one attached hydrogen (secondary N) is 2. The number of carbonyl (C=O) groups excluding carboxylic acids is 1. The second kappa shape index (κ2) is 12.7. The first-order chi connectivity index (χ1) is 12.0. The number of aliphatic imine (C=N–C) groups is 1. The second-order valence-electron chi connectivity index (χ2n) is 6.93. The summed E-state index contributed by atoms with van der Waals surface area (Å²) in [6.45, 7) is 6.56. The van der Waals surface area contributed by atoms with Crippen molar-refractivity contribution in [3.63, 3.8) is 0 Å². The molecular formula is C17H33IN4O4. The third kappa shape index (κ3) is 8.83. The number of hydrogen-bond donors (Lipinski definition) is 2. The number of amides is 1. The zero-order chi connectivity index (χ0) is 18.1. The fourth-order valence-electron chi connectivity index (χ4n) is 2.63. The lowest BCUT2D eigenvalue weighted by molar-refractivity contribution is -0.127. The molecule has 0 aromatic heterocycles. The average Bonchev–Trinajstić information content (AvgIpc) is 3.28. The standard InChI is InChI=1S/C17H32N4O4.HI/c1-13(10-25-15-5-7-24-12-15)20-17(19-9-16(22)21(2)3)18-8-14-4-6-23-11-14;/h13-15H,4-12H2,1-3H3,(H2,18,19,20);1H. The van der Waals surface area contributed by atoms with Crippen molar-refractivity contribution < 1.29 is 19.0 Å². The summed E-state index contributed by atoms with van der Waals surface area (Å²) in [5.74, 6) is 1.09. The van der Waals surface area contributed by atoms with Crippen molar-refractivity contribution in [1.82, 2.24) is 15.5 Å². The van der Waals surface area contributed by atoms with Gasteiger partial charge in [-0.2, -0.15) is 0 Å². The van der Waals surface area contributed by atoms with E-state index in [1.165, 1.54) is 0 Å². The number of ether oxygens (including phenoxy) is 3. The molecule has 2 aliphatic heterocycles. The molecule has 0 aromatic carbocycles. The average molecular weight is 484 g/mol. The summed E-state index contributed by atoms with van der Waals surface area (Å²) in [5.41, 5.74) is 0. The molecule has 8 nitrogen and oxygen atoms in total. The largest absolute Gasteiger partial charge is 0.381 e.